The fourth-order valence-corrected chi connectivity index (χ4v) is 4.30. The van der Waals surface area contributed by atoms with Gasteiger partial charge in [-0.3, -0.25) is 0 Å². The molecule has 0 heterocycles. The molecule has 2 unspecified atom stereocenters. The Morgan fingerprint density at radius 1 is 1.25 bits per heavy atom. The van der Waals surface area contributed by atoms with Gasteiger partial charge >= 0.3 is 0 Å². The second-order valence-electron chi connectivity index (χ2n) is 5.01. The maximum absolute atomic E-state index is 12.1. The molecule has 1 fully saturated rings. The Bertz CT molecular complexity index is 287. The summed E-state index contributed by atoms with van der Waals surface area (Å²) in [6.07, 6.45) is 5.07. The highest BCUT2D eigenvalue weighted by Crippen LogP contribution is 2.28. The molecule has 4 heteroatoms. The van der Waals surface area contributed by atoms with E-state index in [1.807, 2.05) is 0 Å². The molecule has 0 radical (unpaired) electrons. The van der Waals surface area contributed by atoms with Crippen molar-refractivity contribution in [2.24, 2.45) is 5.92 Å². The average molecular weight is 247 g/mol. The largest absolute Gasteiger partial charge is 0.316 e. The Kier molecular flexibility index (Phi) is 5.76. The van der Waals surface area contributed by atoms with Crippen LogP contribution < -0.4 is 5.32 Å². The van der Waals surface area contributed by atoms with E-state index in [1.54, 1.807) is 0 Å². The molecule has 0 spiro atoms. The van der Waals surface area contributed by atoms with Crippen LogP contribution in [0.5, 0.6) is 0 Å². The highest BCUT2D eigenvalue weighted by atomic mass is 32.2. The van der Waals surface area contributed by atoms with Crippen LogP contribution in [0.3, 0.4) is 0 Å². The molecule has 2 atom stereocenters. The van der Waals surface area contributed by atoms with E-state index in [0.29, 0.717) is 18.2 Å². The smallest absolute Gasteiger partial charge is 0.154 e. The molecule has 1 aliphatic rings. The molecule has 3 nitrogen and oxygen atoms in total. The van der Waals surface area contributed by atoms with E-state index < -0.39 is 9.84 Å². The Morgan fingerprint density at radius 2 is 2.00 bits per heavy atom. The van der Waals surface area contributed by atoms with Gasteiger partial charge in [-0.05, 0) is 31.7 Å². The van der Waals surface area contributed by atoms with Crippen molar-refractivity contribution in [3.8, 4) is 0 Å². The van der Waals surface area contributed by atoms with Crippen molar-refractivity contribution in [1.29, 1.82) is 0 Å². The lowest BCUT2D eigenvalue weighted by molar-refractivity contribution is 0.382. The Hall–Kier alpha value is -0.0900. The number of sulfone groups is 1. The molecule has 0 aromatic carbocycles. The van der Waals surface area contributed by atoms with E-state index in [-0.39, 0.29) is 5.25 Å². The second-order valence-corrected chi connectivity index (χ2v) is 7.41. The molecule has 0 amide bonds. The van der Waals surface area contributed by atoms with Crippen molar-refractivity contribution in [2.75, 3.05) is 18.8 Å². The van der Waals surface area contributed by atoms with E-state index in [4.69, 9.17) is 0 Å². The van der Waals surface area contributed by atoms with Crippen molar-refractivity contribution < 1.29 is 8.42 Å². The van der Waals surface area contributed by atoms with Crippen LogP contribution in [0.25, 0.3) is 0 Å². The fraction of sp³-hybridized carbons (Fsp3) is 1.00. The zero-order valence-corrected chi connectivity index (χ0v) is 11.4. The molecule has 0 saturated heterocycles. The summed E-state index contributed by atoms with van der Waals surface area (Å²) in [6, 6.07) is 0. The summed E-state index contributed by atoms with van der Waals surface area (Å²) in [7, 11) is -2.86. The van der Waals surface area contributed by atoms with Gasteiger partial charge in [0.1, 0.15) is 0 Å². The summed E-state index contributed by atoms with van der Waals surface area (Å²) in [5, 5.41) is 3.09. The van der Waals surface area contributed by atoms with Gasteiger partial charge in [-0.25, -0.2) is 8.42 Å². The van der Waals surface area contributed by atoms with Gasteiger partial charge in [-0.15, -0.1) is 0 Å². The third-order valence-corrected chi connectivity index (χ3v) is 5.60. The van der Waals surface area contributed by atoms with E-state index in [0.717, 1.165) is 32.2 Å². The minimum Gasteiger partial charge on any atom is -0.316 e. The third kappa shape index (κ3) is 4.42. The molecule has 96 valence electrons. The molecule has 1 saturated carbocycles. The van der Waals surface area contributed by atoms with Crippen LogP contribution in [-0.2, 0) is 9.84 Å². The van der Waals surface area contributed by atoms with Crippen molar-refractivity contribution in [1.82, 2.24) is 5.32 Å². The zero-order chi connectivity index (χ0) is 12.0. The van der Waals surface area contributed by atoms with Crippen LogP contribution in [0.15, 0.2) is 0 Å². The lowest BCUT2D eigenvalue weighted by atomic mass is 9.91. The highest BCUT2D eigenvalue weighted by molar-refractivity contribution is 7.92. The summed E-state index contributed by atoms with van der Waals surface area (Å²) in [6.45, 7) is 5.78. The molecular weight excluding hydrogens is 222 g/mol. The van der Waals surface area contributed by atoms with Crippen LogP contribution in [-0.4, -0.2) is 32.5 Å². The van der Waals surface area contributed by atoms with Crippen LogP contribution in [0.4, 0.5) is 0 Å². The standard InChI is InChI=1S/C12H25NO2S/c1-3-7-13-8-9-16(14,15)12-6-4-5-11(2)10-12/h11-13H,3-10H2,1-2H3. The topological polar surface area (TPSA) is 46.2 Å². The predicted octanol–water partition coefficient (Wildman–Crippen LogP) is 1.98. The van der Waals surface area contributed by atoms with Crippen molar-refractivity contribution in [3.05, 3.63) is 0 Å². The van der Waals surface area contributed by atoms with E-state index in [1.165, 1.54) is 6.42 Å². The summed E-state index contributed by atoms with van der Waals surface area (Å²) in [5.74, 6) is 0.891. The minimum absolute atomic E-state index is 0.0697. The predicted molar refractivity (Wildman–Crippen MR) is 68.4 cm³/mol. The Balaban J connectivity index is 2.37. The maximum Gasteiger partial charge on any atom is 0.154 e. The lowest BCUT2D eigenvalue weighted by Crippen LogP contribution is -2.33. The molecule has 0 aromatic rings. The molecule has 16 heavy (non-hydrogen) atoms. The quantitative estimate of drug-likeness (QED) is 0.730. The van der Waals surface area contributed by atoms with Crippen LogP contribution in [0.2, 0.25) is 0 Å². The molecule has 1 rings (SSSR count). The number of hydrogen-bond donors (Lipinski definition) is 1. The highest BCUT2D eigenvalue weighted by Gasteiger charge is 2.29. The molecule has 0 bridgehead atoms. The minimum atomic E-state index is -2.86. The van der Waals surface area contributed by atoms with E-state index >= 15 is 0 Å². The van der Waals surface area contributed by atoms with Gasteiger partial charge in [0.25, 0.3) is 0 Å². The van der Waals surface area contributed by atoms with E-state index in [2.05, 4.69) is 19.2 Å². The lowest BCUT2D eigenvalue weighted by Gasteiger charge is -2.26. The summed E-state index contributed by atoms with van der Waals surface area (Å²) < 4.78 is 24.1. The summed E-state index contributed by atoms with van der Waals surface area (Å²) in [5.41, 5.74) is 0. The van der Waals surface area contributed by atoms with Gasteiger partial charge < -0.3 is 5.32 Å². The first-order valence-electron chi connectivity index (χ1n) is 6.48. The van der Waals surface area contributed by atoms with Crippen LogP contribution >= 0.6 is 0 Å². The SMILES string of the molecule is CCCNCCS(=O)(=O)C1CCCC(C)C1. The first-order valence-corrected chi connectivity index (χ1v) is 8.20. The average Bonchev–Trinajstić information content (AvgIpc) is 2.24. The molecule has 1 N–H and O–H groups in total. The molecule has 1 aliphatic carbocycles. The molecule has 0 aliphatic heterocycles. The molecule has 0 aromatic heterocycles. The number of hydrogen-bond acceptors (Lipinski definition) is 3. The maximum atomic E-state index is 12.1. The van der Waals surface area contributed by atoms with Crippen molar-refractivity contribution >= 4 is 9.84 Å². The van der Waals surface area contributed by atoms with Gasteiger partial charge in [-0.2, -0.15) is 0 Å². The summed E-state index contributed by atoms with van der Waals surface area (Å²) >= 11 is 0. The zero-order valence-electron chi connectivity index (χ0n) is 10.5. The summed E-state index contributed by atoms with van der Waals surface area (Å²) in [4.78, 5) is 0. The van der Waals surface area contributed by atoms with Gasteiger partial charge in [0.05, 0.1) is 11.0 Å². The number of nitrogens with one attached hydrogen (secondary N) is 1. The fourth-order valence-electron chi connectivity index (χ4n) is 2.39. The van der Waals surface area contributed by atoms with Gasteiger partial charge in [-0.1, -0.05) is 26.7 Å². The monoisotopic (exact) mass is 247 g/mol. The Morgan fingerprint density at radius 3 is 2.62 bits per heavy atom. The normalized spacial score (nSPS) is 26.9. The van der Waals surface area contributed by atoms with Gasteiger partial charge in [0, 0.05) is 6.54 Å². The van der Waals surface area contributed by atoms with Crippen LogP contribution in [0.1, 0.15) is 46.0 Å². The molecular formula is C12H25NO2S. The third-order valence-electron chi connectivity index (χ3n) is 3.39. The second kappa shape index (κ2) is 6.60. The first-order chi connectivity index (χ1) is 7.56. The number of rotatable bonds is 6. The van der Waals surface area contributed by atoms with Gasteiger partial charge in [0.2, 0.25) is 0 Å². The van der Waals surface area contributed by atoms with Crippen LogP contribution in [0, 0.1) is 5.92 Å². The van der Waals surface area contributed by atoms with Gasteiger partial charge in [0.15, 0.2) is 9.84 Å². The van der Waals surface area contributed by atoms with Crippen molar-refractivity contribution in [2.45, 2.75) is 51.2 Å². The van der Waals surface area contributed by atoms with E-state index in [9.17, 15) is 8.42 Å². The first kappa shape index (κ1) is 14.0. The van der Waals surface area contributed by atoms with Crippen molar-refractivity contribution in [3.63, 3.8) is 0 Å². The Labute approximate surface area is 99.9 Å².